The van der Waals surface area contributed by atoms with Crippen LogP contribution in [0, 0.1) is 0 Å². The second-order valence-electron chi connectivity index (χ2n) is 2.74. The van der Waals surface area contributed by atoms with Crippen molar-refractivity contribution in [1.29, 1.82) is 0 Å². The van der Waals surface area contributed by atoms with Gasteiger partial charge in [0.15, 0.2) is 5.60 Å². The Morgan fingerprint density at radius 3 is 2.23 bits per heavy atom. The van der Waals surface area contributed by atoms with Crippen LogP contribution in [0.2, 0.25) is 0 Å². The van der Waals surface area contributed by atoms with Crippen molar-refractivity contribution in [1.82, 2.24) is 0 Å². The second kappa shape index (κ2) is 4.96. The zero-order valence-electron chi connectivity index (χ0n) is 9.40. The predicted molar refractivity (Wildman–Crippen MR) is 51.6 cm³/mol. The SMILES string of the molecule is CC(O)(C(=O)O)c1ccccc1.[Ca+2].[H-].[H-]. The van der Waals surface area contributed by atoms with E-state index in [0.29, 0.717) is 5.56 Å². The number of rotatable bonds is 2. The number of hydrogen-bond acceptors (Lipinski definition) is 2. The Kier molecular flexibility index (Phi) is 4.92. The first-order valence-corrected chi connectivity index (χ1v) is 3.56. The van der Waals surface area contributed by atoms with Gasteiger partial charge in [0.25, 0.3) is 0 Å². The van der Waals surface area contributed by atoms with E-state index in [1.807, 2.05) is 0 Å². The van der Waals surface area contributed by atoms with Gasteiger partial charge in [0, 0.05) is 0 Å². The van der Waals surface area contributed by atoms with Crippen LogP contribution in [0.5, 0.6) is 0 Å². The minimum atomic E-state index is -1.79. The molecular weight excluding hydrogens is 196 g/mol. The van der Waals surface area contributed by atoms with Crippen molar-refractivity contribution in [2.24, 2.45) is 0 Å². The molecule has 0 aliphatic rings. The number of aliphatic carboxylic acids is 1. The van der Waals surface area contributed by atoms with Crippen LogP contribution in [0.25, 0.3) is 0 Å². The molecule has 0 radical (unpaired) electrons. The number of aliphatic hydroxyl groups is 1. The summed E-state index contributed by atoms with van der Waals surface area (Å²) in [6, 6.07) is 8.29. The van der Waals surface area contributed by atoms with Crippen molar-refractivity contribution >= 4 is 43.7 Å². The maximum absolute atomic E-state index is 10.6. The molecular formula is C9H12CaO3. The molecule has 1 aromatic carbocycles. The first-order chi connectivity index (χ1) is 5.55. The van der Waals surface area contributed by atoms with Crippen molar-refractivity contribution in [2.75, 3.05) is 0 Å². The van der Waals surface area contributed by atoms with Gasteiger partial charge < -0.3 is 13.1 Å². The van der Waals surface area contributed by atoms with E-state index in [1.54, 1.807) is 30.3 Å². The van der Waals surface area contributed by atoms with Crippen molar-refractivity contribution in [3.8, 4) is 0 Å². The Hall–Kier alpha value is -0.0903. The minimum absolute atomic E-state index is 0. The molecule has 68 valence electrons. The maximum Gasteiger partial charge on any atom is 2.00 e. The normalized spacial score (nSPS) is 14.0. The van der Waals surface area contributed by atoms with Gasteiger partial charge in [-0.25, -0.2) is 4.79 Å². The molecule has 1 atom stereocenters. The van der Waals surface area contributed by atoms with Gasteiger partial charge in [-0.05, 0) is 12.5 Å². The summed E-state index contributed by atoms with van der Waals surface area (Å²) in [7, 11) is 0. The molecule has 13 heavy (non-hydrogen) atoms. The van der Waals surface area contributed by atoms with Crippen molar-refractivity contribution in [2.45, 2.75) is 12.5 Å². The summed E-state index contributed by atoms with van der Waals surface area (Å²) in [6.07, 6.45) is 0. The molecule has 0 amide bonds. The maximum atomic E-state index is 10.6. The Labute approximate surface area is 109 Å². The van der Waals surface area contributed by atoms with Crippen LogP contribution in [-0.2, 0) is 10.4 Å². The molecule has 1 rings (SSSR count). The van der Waals surface area contributed by atoms with Gasteiger partial charge in [-0.1, -0.05) is 30.3 Å². The van der Waals surface area contributed by atoms with E-state index in [9.17, 15) is 9.90 Å². The summed E-state index contributed by atoms with van der Waals surface area (Å²) in [6.45, 7) is 1.25. The summed E-state index contributed by atoms with van der Waals surface area (Å²) in [5.74, 6) is -1.24. The standard InChI is InChI=1S/C9H10O3.Ca.2H/c1-9(12,8(10)11)7-5-3-2-4-6-7;;;/h2-6,12H,1H3,(H,10,11);;;/q;+2;2*-1. The number of carboxylic acids is 1. The Morgan fingerprint density at radius 2 is 1.85 bits per heavy atom. The smallest absolute Gasteiger partial charge is 1.00 e. The summed E-state index contributed by atoms with van der Waals surface area (Å²) in [5, 5.41) is 18.1. The topological polar surface area (TPSA) is 57.5 Å². The molecule has 2 N–H and O–H groups in total. The van der Waals surface area contributed by atoms with Crippen molar-refractivity contribution < 1.29 is 17.9 Å². The monoisotopic (exact) mass is 208 g/mol. The van der Waals surface area contributed by atoms with Gasteiger partial charge in [-0.2, -0.15) is 0 Å². The van der Waals surface area contributed by atoms with Crippen LogP contribution in [0.4, 0.5) is 0 Å². The van der Waals surface area contributed by atoms with E-state index in [1.165, 1.54) is 6.92 Å². The zero-order chi connectivity index (χ0) is 9.19. The fourth-order valence-corrected chi connectivity index (χ4v) is 0.886. The molecule has 0 aliphatic carbocycles. The Morgan fingerprint density at radius 1 is 1.38 bits per heavy atom. The van der Waals surface area contributed by atoms with E-state index in [0.717, 1.165) is 0 Å². The van der Waals surface area contributed by atoms with E-state index in [-0.39, 0.29) is 40.6 Å². The average molecular weight is 208 g/mol. The molecule has 0 saturated heterocycles. The third kappa shape index (κ3) is 2.95. The van der Waals surface area contributed by atoms with Gasteiger partial charge in [-0.3, -0.25) is 0 Å². The van der Waals surface area contributed by atoms with Crippen molar-refractivity contribution in [3.63, 3.8) is 0 Å². The molecule has 1 unspecified atom stereocenters. The zero-order valence-corrected chi connectivity index (χ0v) is 9.60. The van der Waals surface area contributed by atoms with Crippen LogP contribution in [0.15, 0.2) is 30.3 Å². The Bertz CT molecular complexity index is 291. The van der Waals surface area contributed by atoms with E-state index < -0.39 is 11.6 Å². The molecule has 0 spiro atoms. The predicted octanol–water partition coefficient (Wildman–Crippen LogP) is 0.823. The molecule has 3 nitrogen and oxygen atoms in total. The van der Waals surface area contributed by atoms with E-state index in [2.05, 4.69) is 0 Å². The van der Waals surface area contributed by atoms with Crippen molar-refractivity contribution in [3.05, 3.63) is 35.9 Å². The van der Waals surface area contributed by atoms with Gasteiger partial charge >= 0.3 is 43.7 Å². The summed E-state index contributed by atoms with van der Waals surface area (Å²) in [4.78, 5) is 10.6. The number of carboxylic acid groups (broad SMARTS) is 1. The largest absolute Gasteiger partial charge is 2.00 e. The van der Waals surface area contributed by atoms with Gasteiger partial charge in [-0.15, -0.1) is 0 Å². The fraction of sp³-hybridized carbons (Fsp3) is 0.222. The van der Waals surface area contributed by atoms with Crippen LogP contribution < -0.4 is 0 Å². The van der Waals surface area contributed by atoms with Crippen LogP contribution >= 0.6 is 0 Å². The molecule has 0 saturated carbocycles. The molecule has 1 aromatic rings. The summed E-state index contributed by atoms with van der Waals surface area (Å²) in [5.41, 5.74) is -1.40. The summed E-state index contributed by atoms with van der Waals surface area (Å²) >= 11 is 0. The molecule has 0 heterocycles. The Balaban J connectivity index is -0.000000480. The quantitative estimate of drug-likeness (QED) is 0.707. The fourth-order valence-electron chi connectivity index (χ4n) is 0.886. The number of carbonyl (C=O) groups is 1. The van der Waals surface area contributed by atoms with Gasteiger partial charge in [0.2, 0.25) is 0 Å². The molecule has 0 bridgehead atoms. The summed E-state index contributed by atoms with van der Waals surface area (Å²) < 4.78 is 0. The third-order valence-electron chi connectivity index (χ3n) is 1.75. The molecule has 0 fully saturated rings. The molecule has 0 aliphatic heterocycles. The molecule has 4 heteroatoms. The first kappa shape index (κ1) is 12.9. The van der Waals surface area contributed by atoms with Crippen LogP contribution in [0.1, 0.15) is 15.3 Å². The molecule has 0 aromatic heterocycles. The van der Waals surface area contributed by atoms with Crippen LogP contribution in [0.3, 0.4) is 0 Å². The second-order valence-corrected chi connectivity index (χ2v) is 2.74. The van der Waals surface area contributed by atoms with E-state index >= 15 is 0 Å². The van der Waals surface area contributed by atoms with E-state index in [4.69, 9.17) is 5.11 Å². The third-order valence-corrected chi connectivity index (χ3v) is 1.75. The van der Waals surface area contributed by atoms with Gasteiger partial charge in [0.05, 0.1) is 0 Å². The van der Waals surface area contributed by atoms with Crippen LogP contribution in [-0.4, -0.2) is 53.9 Å². The average Bonchev–Trinajstić information content (AvgIpc) is 2.06. The first-order valence-electron chi connectivity index (χ1n) is 3.56. The minimum Gasteiger partial charge on any atom is -1.00 e. The number of hydrogen-bond donors (Lipinski definition) is 2. The van der Waals surface area contributed by atoms with Gasteiger partial charge in [0.1, 0.15) is 0 Å². The number of benzene rings is 1.